The van der Waals surface area contributed by atoms with Crippen LogP contribution in [0.2, 0.25) is 0 Å². The number of aliphatic hydroxyl groups is 1. The van der Waals surface area contributed by atoms with E-state index in [1.54, 1.807) is 0 Å². The highest BCUT2D eigenvalue weighted by Crippen LogP contribution is 2.42. The first-order valence-corrected chi connectivity index (χ1v) is 18.1. The maximum atomic E-state index is 11.5. The molecule has 4 N–H and O–H groups in total. The second-order valence-electron chi connectivity index (χ2n) is 11.2. The second-order valence-corrected chi connectivity index (χ2v) is 12.7. The van der Waals surface area contributed by atoms with Crippen molar-refractivity contribution in [3.63, 3.8) is 0 Å². The third-order valence-corrected chi connectivity index (χ3v) is 8.24. The van der Waals surface area contributed by atoms with Crippen LogP contribution in [0.15, 0.2) is 0 Å². The van der Waals surface area contributed by atoms with Gasteiger partial charge in [-0.05, 0) is 6.42 Å². The van der Waals surface area contributed by atoms with E-state index in [0.29, 0.717) is 6.61 Å². The van der Waals surface area contributed by atoms with E-state index in [1.165, 1.54) is 141 Å². The Bertz CT molecular complexity index is 525. The molecule has 0 saturated carbocycles. The van der Waals surface area contributed by atoms with E-state index in [-0.39, 0.29) is 26.4 Å². The summed E-state index contributed by atoms with van der Waals surface area (Å²) in [5, 5.41) is 9.76. The highest BCUT2D eigenvalue weighted by Gasteiger charge is 2.22. The Hall–Kier alpha value is -0.0100. The summed E-state index contributed by atoms with van der Waals surface area (Å²) in [5.74, 6) is 0. The Balaban J connectivity index is 3.18. The van der Waals surface area contributed by atoms with Crippen LogP contribution in [0.5, 0.6) is 0 Å². The average Bonchev–Trinajstić information content (AvgIpc) is 2.92. The predicted molar refractivity (Wildman–Crippen MR) is 164 cm³/mol. The minimum Gasteiger partial charge on any atom is -0.388 e. The van der Waals surface area contributed by atoms with Crippen LogP contribution >= 0.6 is 7.82 Å². The van der Waals surface area contributed by atoms with Crippen molar-refractivity contribution in [2.24, 2.45) is 5.73 Å². The first-order valence-electron chi connectivity index (χ1n) is 16.6. The molecule has 0 aliphatic heterocycles. The van der Waals surface area contributed by atoms with E-state index in [0.717, 1.165) is 12.8 Å². The van der Waals surface area contributed by atoms with Gasteiger partial charge in [0.15, 0.2) is 0 Å². The smallest absolute Gasteiger partial charge is 0.388 e. The summed E-state index contributed by atoms with van der Waals surface area (Å²) >= 11 is 0. The molecule has 0 fully saturated rings. The minimum atomic E-state index is -4.14. The fourth-order valence-electron chi connectivity index (χ4n) is 4.82. The number of phosphoric acid groups is 1. The van der Waals surface area contributed by atoms with E-state index in [1.807, 2.05) is 0 Å². The van der Waals surface area contributed by atoms with E-state index < -0.39 is 13.9 Å². The SMILES string of the molecule is CCCCCCCCCCCCCCCCCCCCCCCCCCOCC(O)COP(=O)(O)OCCN. The summed E-state index contributed by atoms with van der Waals surface area (Å²) in [6.45, 7) is 2.70. The largest absolute Gasteiger partial charge is 0.472 e. The molecule has 0 aliphatic carbocycles. The third-order valence-electron chi connectivity index (χ3n) is 7.25. The van der Waals surface area contributed by atoms with Gasteiger partial charge in [-0.15, -0.1) is 0 Å². The number of aliphatic hydroxyl groups excluding tert-OH is 1. The normalized spacial score (nSPS) is 14.1. The number of ether oxygens (including phenoxy) is 1. The van der Waals surface area contributed by atoms with Gasteiger partial charge in [-0.3, -0.25) is 9.05 Å². The van der Waals surface area contributed by atoms with Gasteiger partial charge in [0.2, 0.25) is 0 Å². The molecular formula is C31H66NO6P. The maximum absolute atomic E-state index is 11.5. The van der Waals surface area contributed by atoms with Crippen molar-refractivity contribution in [1.29, 1.82) is 0 Å². The van der Waals surface area contributed by atoms with Crippen molar-refractivity contribution in [3.05, 3.63) is 0 Å². The van der Waals surface area contributed by atoms with Gasteiger partial charge >= 0.3 is 7.82 Å². The summed E-state index contributed by atoms with van der Waals surface area (Å²) < 4.78 is 26.2. The Morgan fingerprint density at radius 2 is 0.923 bits per heavy atom. The van der Waals surface area contributed by atoms with Gasteiger partial charge < -0.3 is 20.5 Å². The topological polar surface area (TPSA) is 111 Å². The Morgan fingerprint density at radius 3 is 1.28 bits per heavy atom. The molecule has 0 heterocycles. The minimum absolute atomic E-state index is 0.0695. The van der Waals surface area contributed by atoms with Crippen molar-refractivity contribution in [3.8, 4) is 0 Å². The fraction of sp³-hybridized carbons (Fsp3) is 1.00. The van der Waals surface area contributed by atoms with Crippen LogP contribution in [0.4, 0.5) is 0 Å². The van der Waals surface area contributed by atoms with Gasteiger partial charge in [-0.25, -0.2) is 4.57 Å². The van der Waals surface area contributed by atoms with E-state index in [9.17, 15) is 14.6 Å². The summed E-state index contributed by atoms with van der Waals surface area (Å²) in [7, 11) is -4.14. The first-order chi connectivity index (χ1) is 19.0. The number of hydrogen-bond acceptors (Lipinski definition) is 6. The second kappa shape index (κ2) is 30.9. The molecule has 0 aromatic heterocycles. The molecule has 0 rings (SSSR count). The van der Waals surface area contributed by atoms with E-state index in [2.05, 4.69) is 11.4 Å². The zero-order valence-electron chi connectivity index (χ0n) is 25.6. The lowest BCUT2D eigenvalue weighted by atomic mass is 10.0. The molecule has 2 unspecified atom stereocenters. The van der Waals surface area contributed by atoms with Crippen molar-refractivity contribution in [1.82, 2.24) is 0 Å². The monoisotopic (exact) mass is 579 g/mol. The summed E-state index contributed by atoms with van der Waals surface area (Å²) in [5.41, 5.74) is 5.21. The van der Waals surface area contributed by atoms with Gasteiger partial charge in [-0.2, -0.15) is 0 Å². The summed E-state index contributed by atoms with van der Waals surface area (Å²) in [4.78, 5) is 9.37. The standard InChI is InChI=1S/C31H66NO6P/c1-2-3-4-5-6-7-8-9-10-11-12-13-14-15-16-17-18-19-20-21-22-23-24-25-27-36-29-31(33)30-38-39(34,35)37-28-26-32/h31,33H,2-30,32H2,1H3,(H,34,35). The highest BCUT2D eigenvalue weighted by atomic mass is 31.2. The predicted octanol–water partition coefficient (Wildman–Crippen LogP) is 8.84. The van der Waals surface area contributed by atoms with Gasteiger partial charge in [0.25, 0.3) is 0 Å². The molecule has 7 nitrogen and oxygen atoms in total. The molecule has 0 aromatic rings. The third kappa shape index (κ3) is 32.4. The Morgan fingerprint density at radius 1 is 0.564 bits per heavy atom. The fourth-order valence-corrected chi connectivity index (χ4v) is 5.59. The van der Waals surface area contributed by atoms with Crippen LogP contribution in [-0.4, -0.2) is 49.1 Å². The Labute approximate surface area is 242 Å². The number of hydrogen-bond donors (Lipinski definition) is 3. The van der Waals surface area contributed by atoms with Gasteiger partial charge in [0.1, 0.15) is 6.10 Å². The summed E-state index contributed by atoms with van der Waals surface area (Å²) in [6.07, 6.45) is 32.0. The zero-order chi connectivity index (χ0) is 28.7. The maximum Gasteiger partial charge on any atom is 0.472 e. The molecule has 0 radical (unpaired) electrons. The molecule has 0 aromatic carbocycles. The number of unbranched alkanes of at least 4 members (excludes halogenated alkanes) is 23. The molecule has 0 aliphatic rings. The number of phosphoric ester groups is 1. The molecule has 8 heteroatoms. The van der Waals surface area contributed by atoms with Crippen LogP contribution in [0.1, 0.15) is 161 Å². The molecule has 2 atom stereocenters. The van der Waals surface area contributed by atoms with Crippen molar-refractivity contribution < 1.29 is 28.3 Å². The molecule has 0 saturated heterocycles. The highest BCUT2D eigenvalue weighted by molar-refractivity contribution is 7.47. The molecule has 0 spiro atoms. The number of rotatable bonds is 33. The van der Waals surface area contributed by atoms with E-state index in [4.69, 9.17) is 15.0 Å². The number of nitrogens with two attached hydrogens (primary N) is 1. The quantitative estimate of drug-likeness (QED) is 0.0526. The lowest BCUT2D eigenvalue weighted by Gasteiger charge is -2.15. The van der Waals surface area contributed by atoms with Crippen LogP contribution < -0.4 is 5.73 Å². The van der Waals surface area contributed by atoms with E-state index >= 15 is 0 Å². The Kier molecular flexibility index (Phi) is 30.9. The molecular weight excluding hydrogens is 513 g/mol. The van der Waals surface area contributed by atoms with Crippen molar-refractivity contribution in [2.45, 2.75) is 167 Å². The van der Waals surface area contributed by atoms with Crippen LogP contribution in [0.25, 0.3) is 0 Å². The van der Waals surface area contributed by atoms with Crippen LogP contribution in [0, 0.1) is 0 Å². The van der Waals surface area contributed by atoms with Crippen molar-refractivity contribution >= 4 is 7.82 Å². The summed E-state index contributed by atoms with van der Waals surface area (Å²) in [6, 6.07) is 0. The first kappa shape index (κ1) is 39.0. The zero-order valence-corrected chi connectivity index (χ0v) is 26.5. The molecule has 236 valence electrons. The molecule has 39 heavy (non-hydrogen) atoms. The average molecular weight is 580 g/mol. The van der Waals surface area contributed by atoms with Gasteiger partial charge in [0.05, 0.1) is 19.8 Å². The lowest BCUT2D eigenvalue weighted by molar-refractivity contribution is 0.00230. The molecule has 0 amide bonds. The van der Waals surface area contributed by atoms with Gasteiger partial charge in [0, 0.05) is 13.2 Å². The van der Waals surface area contributed by atoms with Crippen LogP contribution in [0.3, 0.4) is 0 Å². The van der Waals surface area contributed by atoms with Crippen LogP contribution in [-0.2, 0) is 18.3 Å². The molecule has 0 bridgehead atoms. The lowest BCUT2D eigenvalue weighted by Crippen LogP contribution is -2.22. The van der Waals surface area contributed by atoms with Gasteiger partial charge in [-0.1, -0.05) is 155 Å². The van der Waals surface area contributed by atoms with Crippen molar-refractivity contribution in [2.75, 3.05) is 33.0 Å².